The van der Waals surface area contributed by atoms with E-state index in [1.165, 1.54) is 22.9 Å². The first kappa shape index (κ1) is 31.0. The fourth-order valence-electron chi connectivity index (χ4n) is 5.02. The van der Waals surface area contributed by atoms with Crippen LogP contribution in [0.25, 0.3) is 44.5 Å². The average molecular weight is 766 g/mol. The van der Waals surface area contributed by atoms with Gasteiger partial charge in [0, 0.05) is 45.3 Å². The number of nitrogens with zero attached hydrogens (tertiary/aromatic N) is 2. The van der Waals surface area contributed by atoms with Crippen LogP contribution >= 0.6 is 0 Å². The molecule has 0 aliphatic heterocycles. The van der Waals surface area contributed by atoms with E-state index in [1.54, 1.807) is 12.3 Å². The topological polar surface area (TPSA) is 38.9 Å². The first-order valence-electron chi connectivity index (χ1n) is 14.8. The van der Waals surface area contributed by atoms with Crippen LogP contribution in [0.5, 0.6) is 0 Å². The molecule has 0 amide bonds. The Morgan fingerprint density at radius 3 is 2.33 bits per heavy atom. The van der Waals surface area contributed by atoms with Crippen molar-refractivity contribution in [2.45, 2.75) is 59.1 Å². The number of hydrogen-bond acceptors (Lipinski definition) is 3. The Labute approximate surface area is 270 Å². The molecule has 0 saturated carbocycles. The molecule has 6 heteroatoms. The normalized spacial score (nSPS) is 12.1. The minimum atomic E-state index is -1.50. The van der Waals surface area contributed by atoms with Gasteiger partial charge in [-0.25, -0.2) is 4.39 Å². The van der Waals surface area contributed by atoms with Crippen molar-refractivity contribution in [1.82, 2.24) is 9.97 Å². The molecule has 3 aromatic carbocycles. The number of pyridine rings is 2. The Morgan fingerprint density at radius 2 is 1.65 bits per heavy atom. The summed E-state index contributed by atoms with van der Waals surface area (Å²) >= 11 is 0. The molecule has 6 aromatic rings. The van der Waals surface area contributed by atoms with E-state index < -0.39 is 14.0 Å². The molecule has 0 fully saturated rings. The van der Waals surface area contributed by atoms with Crippen molar-refractivity contribution in [2.75, 3.05) is 0 Å². The molecule has 0 unspecified atom stereocenters. The summed E-state index contributed by atoms with van der Waals surface area (Å²) in [6.07, 6.45) is 3.79. The molecule has 3 heterocycles. The van der Waals surface area contributed by atoms with Crippen LogP contribution in [0, 0.1) is 17.9 Å². The zero-order valence-electron chi connectivity index (χ0n) is 26.7. The van der Waals surface area contributed by atoms with Gasteiger partial charge in [0.2, 0.25) is 0 Å². The minimum Gasteiger partial charge on any atom is -0.500 e. The standard InChI is InChI=1S/C20H15FNO.C17H22NSi.Ir/c1-12(2)13-8-9-22-18(10-13)17-5-3-4-16-15-7-6-14(21)11-19(15)23-20(16)17;1-13(2)15-11-16(14-9-7-6-8-10-14)18-12-17(15)19(3,4)5;/h3-4,6-12H,1-2H3;6-9,11-13H,1-5H3;/q2*-1;/i;13D;. The Balaban J connectivity index is 0.000000199. The van der Waals surface area contributed by atoms with Gasteiger partial charge in [-0.1, -0.05) is 81.5 Å². The van der Waals surface area contributed by atoms with Crippen molar-refractivity contribution in [2.24, 2.45) is 0 Å². The first-order valence-corrected chi connectivity index (χ1v) is 17.8. The molecule has 0 atom stereocenters. The molecular formula is C37H37FIrN2OSi-2. The van der Waals surface area contributed by atoms with E-state index in [4.69, 9.17) is 5.79 Å². The van der Waals surface area contributed by atoms with E-state index in [2.05, 4.69) is 67.7 Å². The monoisotopic (exact) mass is 766 g/mol. The van der Waals surface area contributed by atoms with Crippen molar-refractivity contribution < 1.29 is 30.3 Å². The van der Waals surface area contributed by atoms with Crippen molar-refractivity contribution in [3.63, 3.8) is 0 Å². The zero-order valence-corrected chi connectivity index (χ0v) is 29.1. The third kappa shape index (κ3) is 7.21. The third-order valence-electron chi connectivity index (χ3n) is 7.34. The molecule has 0 N–H and O–H groups in total. The summed E-state index contributed by atoms with van der Waals surface area (Å²) in [6, 6.07) is 28.8. The fourth-order valence-corrected chi connectivity index (χ4v) is 6.60. The van der Waals surface area contributed by atoms with Crippen LogP contribution < -0.4 is 5.19 Å². The summed E-state index contributed by atoms with van der Waals surface area (Å²) in [4.78, 5) is 9.07. The summed E-state index contributed by atoms with van der Waals surface area (Å²) in [5.74, 6) is -0.495. The largest absolute Gasteiger partial charge is 0.500 e. The molecule has 0 aliphatic carbocycles. The molecule has 223 valence electrons. The van der Waals surface area contributed by atoms with Crippen LogP contribution in [0.4, 0.5) is 4.39 Å². The van der Waals surface area contributed by atoms with Gasteiger partial charge in [-0.15, -0.1) is 54.1 Å². The predicted molar refractivity (Wildman–Crippen MR) is 175 cm³/mol. The van der Waals surface area contributed by atoms with Crippen molar-refractivity contribution in [3.05, 3.63) is 114 Å². The van der Waals surface area contributed by atoms with Gasteiger partial charge in [0.1, 0.15) is 11.4 Å². The van der Waals surface area contributed by atoms with Crippen LogP contribution in [0.2, 0.25) is 19.6 Å². The Bertz CT molecular complexity index is 1890. The SMILES string of the molecule is CC(C)c1ccnc(-c2[c-]ccc3c2oc2cc(F)ccc23)c1.[2H]C(C)(C)c1cc(-c2[c-]cccc2)ncc1[Si](C)(C)C.[Ir]. The van der Waals surface area contributed by atoms with E-state index in [1.807, 2.05) is 62.5 Å². The van der Waals surface area contributed by atoms with E-state index in [0.717, 1.165) is 38.9 Å². The Hall–Kier alpha value is -3.44. The Morgan fingerprint density at radius 1 is 0.860 bits per heavy atom. The molecule has 0 saturated heterocycles. The van der Waals surface area contributed by atoms with E-state index in [0.29, 0.717) is 17.1 Å². The molecule has 3 nitrogen and oxygen atoms in total. The molecular weight excluding hydrogens is 728 g/mol. The summed E-state index contributed by atoms with van der Waals surface area (Å²) in [5.41, 5.74) is 7.06. The van der Waals surface area contributed by atoms with Crippen LogP contribution in [-0.2, 0) is 20.1 Å². The van der Waals surface area contributed by atoms with Crippen molar-refractivity contribution in [1.29, 1.82) is 0 Å². The number of benzene rings is 3. The maximum atomic E-state index is 13.5. The van der Waals surface area contributed by atoms with Crippen LogP contribution in [0.1, 0.15) is 52.0 Å². The average Bonchev–Trinajstić information content (AvgIpc) is 3.34. The molecule has 43 heavy (non-hydrogen) atoms. The summed E-state index contributed by atoms with van der Waals surface area (Å²) in [6.45, 7) is 15.1. The van der Waals surface area contributed by atoms with Crippen molar-refractivity contribution in [3.8, 4) is 22.5 Å². The van der Waals surface area contributed by atoms with Gasteiger partial charge in [0.05, 0.1) is 13.7 Å². The number of furan rings is 1. The summed E-state index contributed by atoms with van der Waals surface area (Å²) < 4.78 is 27.8. The molecule has 3 aromatic heterocycles. The van der Waals surface area contributed by atoms with E-state index in [-0.39, 0.29) is 25.9 Å². The van der Waals surface area contributed by atoms with Gasteiger partial charge in [-0.2, -0.15) is 0 Å². The number of aromatic nitrogens is 2. The third-order valence-corrected chi connectivity index (χ3v) is 9.35. The molecule has 6 rings (SSSR count). The van der Waals surface area contributed by atoms with E-state index >= 15 is 0 Å². The minimum absolute atomic E-state index is 0. The fraction of sp³-hybridized carbons (Fsp3) is 0.243. The van der Waals surface area contributed by atoms with Crippen LogP contribution in [0.15, 0.2) is 89.6 Å². The van der Waals surface area contributed by atoms with E-state index in [9.17, 15) is 4.39 Å². The van der Waals surface area contributed by atoms with Gasteiger partial charge in [0.25, 0.3) is 0 Å². The quantitative estimate of drug-likeness (QED) is 0.130. The molecule has 0 spiro atoms. The van der Waals surface area contributed by atoms with Crippen LogP contribution in [-0.4, -0.2) is 18.0 Å². The second-order valence-electron chi connectivity index (χ2n) is 12.1. The van der Waals surface area contributed by atoms with Gasteiger partial charge in [-0.3, -0.25) is 0 Å². The molecule has 0 aliphatic rings. The van der Waals surface area contributed by atoms with Gasteiger partial charge in [-0.05, 0) is 46.6 Å². The summed E-state index contributed by atoms with van der Waals surface area (Å²) in [5, 5.41) is 3.12. The number of halogens is 1. The molecule has 0 bridgehead atoms. The van der Waals surface area contributed by atoms with Crippen LogP contribution in [0.3, 0.4) is 0 Å². The second-order valence-corrected chi connectivity index (χ2v) is 17.1. The van der Waals surface area contributed by atoms with Gasteiger partial charge < -0.3 is 14.4 Å². The first-order chi connectivity index (χ1) is 20.3. The maximum absolute atomic E-state index is 13.5. The number of fused-ring (bicyclic) bond motifs is 3. The maximum Gasteiger partial charge on any atom is 0.126 e. The Kier molecular flexibility index (Phi) is 9.70. The van der Waals surface area contributed by atoms with Gasteiger partial charge in [0.15, 0.2) is 0 Å². The summed E-state index contributed by atoms with van der Waals surface area (Å²) in [7, 11) is -1.50. The smallest absolute Gasteiger partial charge is 0.126 e. The second kappa shape index (κ2) is 13.5. The zero-order chi connectivity index (χ0) is 30.9. The van der Waals surface area contributed by atoms with Crippen molar-refractivity contribution >= 4 is 35.2 Å². The number of hydrogen-bond donors (Lipinski definition) is 0. The predicted octanol–water partition coefficient (Wildman–Crippen LogP) is 9.93. The van der Waals surface area contributed by atoms with Gasteiger partial charge >= 0.3 is 0 Å². The molecule has 1 radical (unpaired) electrons. The number of rotatable bonds is 5.